The lowest BCUT2D eigenvalue weighted by atomic mass is 9.94. The van der Waals surface area contributed by atoms with Gasteiger partial charge in [0.1, 0.15) is 23.2 Å². The standard InChI is InChI=1S/C29H33N3O4/c1-3-36-24-17-15-23(16-18-24)32(29(34)26-14-7-8-19-30-26)27(21-10-9-13-25(20-21)35-2)28(33)31-22-11-5-4-6-12-22/h7-10,13-20,22,27H,3-6,11-12H2,1-2H3,(H,31,33)/t27-/m1/s1. The molecule has 0 aliphatic heterocycles. The Bertz CT molecular complexity index is 1140. The van der Waals surface area contributed by atoms with Gasteiger partial charge in [-0.3, -0.25) is 19.5 Å². The summed E-state index contributed by atoms with van der Waals surface area (Å²) in [5.41, 5.74) is 1.48. The highest BCUT2D eigenvalue weighted by atomic mass is 16.5. The number of ether oxygens (including phenoxy) is 2. The highest BCUT2D eigenvalue weighted by molar-refractivity contribution is 6.09. The lowest BCUT2D eigenvalue weighted by Gasteiger charge is -2.33. The van der Waals surface area contributed by atoms with Gasteiger partial charge >= 0.3 is 0 Å². The van der Waals surface area contributed by atoms with Crippen molar-refractivity contribution in [3.63, 3.8) is 0 Å². The molecule has 2 amide bonds. The molecular formula is C29H33N3O4. The molecule has 0 bridgehead atoms. The van der Waals surface area contributed by atoms with E-state index in [-0.39, 0.29) is 23.6 Å². The summed E-state index contributed by atoms with van der Waals surface area (Å²) >= 11 is 0. The van der Waals surface area contributed by atoms with E-state index in [2.05, 4.69) is 10.3 Å². The van der Waals surface area contributed by atoms with Crippen LogP contribution in [0.3, 0.4) is 0 Å². The minimum absolute atomic E-state index is 0.0893. The van der Waals surface area contributed by atoms with E-state index in [1.807, 2.05) is 25.1 Å². The van der Waals surface area contributed by atoms with Crippen LogP contribution in [0.4, 0.5) is 5.69 Å². The molecule has 0 radical (unpaired) electrons. The molecule has 1 heterocycles. The molecule has 7 nitrogen and oxygen atoms in total. The Hall–Kier alpha value is -3.87. The molecule has 1 aliphatic rings. The molecule has 1 atom stereocenters. The molecule has 2 aromatic carbocycles. The molecule has 3 aromatic rings. The van der Waals surface area contributed by atoms with E-state index in [1.165, 1.54) is 11.3 Å². The second-order valence-corrected chi connectivity index (χ2v) is 8.84. The molecule has 1 saturated carbocycles. The lowest BCUT2D eigenvalue weighted by molar-refractivity contribution is -0.123. The van der Waals surface area contributed by atoms with Gasteiger partial charge in [-0.25, -0.2) is 0 Å². The van der Waals surface area contributed by atoms with Gasteiger partial charge in [0.15, 0.2) is 0 Å². The van der Waals surface area contributed by atoms with Crippen LogP contribution >= 0.6 is 0 Å². The minimum atomic E-state index is -0.922. The van der Waals surface area contributed by atoms with Crippen molar-refractivity contribution in [1.82, 2.24) is 10.3 Å². The Morgan fingerprint density at radius 3 is 2.44 bits per heavy atom. The van der Waals surface area contributed by atoms with Crippen LogP contribution in [0.15, 0.2) is 72.9 Å². The highest BCUT2D eigenvalue weighted by Gasteiger charge is 2.35. The first-order valence-electron chi connectivity index (χ1n) is 12.5. The average molecular weight is 488 g/mol. The van der Waals surface area contributed by atoms with E-state index in [1.54, 1.807) is 61.8 Å². The Morgan fingerprint density at radius 1 is 1.00 bits per heavy atom. The summed E-state index contributed by atoms with van der Waals surface area (Å²) in [6.45, 7) is 2.45. The number of pyridine rings is 1. The van der Waals surface area contributed by atoms with Gasteiger partial charge in [0.25, 0.3) is 5.91 Å². The maximum atomic E-state index is 13.9. The molecule has 7 heteroatoms. The molecule has 1 aromatic heterocycles. The Labute approximate surface area is 212 Å². The summed E-state index contributed by atoms with van der Waals surface area (Å²) in [7, 11) is 1.58. The predicted octanol–water partition coefficient (Wildman–Crippen LogP) is 5.33. The first kappa shape index (κ1) is 25.2. The van der Waals surface area contributed by atoms with Crippen molar-refractivity contribution in [2.24, 2.45) is 0 Å². The second kappa shape index (κ2) is 12.2. The molecule has 0 unspecified atom stereocenters. The quantitative estimate of drug-likeness (QED) is 0.442. The molecule has 1 fully saturated rings. The van der Waals surface area contributed by atoms with Crippen molar-refractivity contribution in [1.29, 1.82) is 0 Å². The van der Waals surface area contributed by atoms with E-state index in [0.29, 0.717) is 29.4 Å². The number of rotatable bonds is 9. The van der Waals surface area contributed by atoms with Gasteiger partial charge in [-0.05, 0) is 73.9 Å². The number of carbonyl (C=O) groups is 2. The summed E-state index contributed by atoms with van der Waals surface area (Å²) in [4.78, 5) is 33.7. The maximum absolute atomic E-state index is 13.9. The fraction of sp³-hybridized carbons (Fsp3) is 0.345. The normalized spacial score (nSPS) is 14.5. The summed E-state index contributed by atoms with van der Waals surface area (Å²) in [6, 6.07) is 18.9. The molecule has 1 N–H and O–H groups in total. The lowest BCUT2D eigenvalue weighted by Crippen LogP contribution is -2.47. The molecular weight excluding hydrogens is 454 g/mol. The predicted molar refractivity (Wildman–Crippen MR) is 139 cm³/mol. The summed E-state index contributed by atoms with van der Waals surface area (Å²) in [5.74, 6) is 0.704. The number of hydrogen-bond donors (Lipinski definition) is 1. The van der Waals surface area contributed by atoms with E-state index in [9.17, 15) is 9.59 Å². The molecule has 36 heavy (non-hydrogen) atoms. The Kier molecular flexibility index (Phi) is 8.55. The number of carbonyl (C=O) groups excluding carboxylic acids is 2. The molecule has 1 aliphatic carbocycles. The largest absolute Gasteiger partial charge is 0.497 e. The summed E-state index contributed by atoms with van der Waals surface area (Å²) in [6.07, 6.45) is 6.81. The number of amides is 2. The minimum Gasteiger partial charge on any atom is -0.497 e. The number of hydrogen-bond acceptors (Lipinski definition) is 5. The maximum Gasteiger partial charge on any atom is 0.277 e. The van der Waals surface area contributed by atoms with Crippen molar-refractivity contribution >= 4 is 17.5 Å². The Morgan fingerprint density at radius 2 is 1.78 bits per heavy atom. The van der Waals surface area contributed by atoms with Gasteiger partial charge in [-0.2, -0.15) is 0 Å². The van der Waals surface area contributed by atoms with Crippen molar-refractivity contribution in [3.8, 4) is 11.5 Å². The van der Waals surface area contributed by atoms with E-state index in [4.69, 9.17) is 9.47 Å². The van der Waals surface area contributed by atoms with Gasteiger partial charge in [-0.15, -0.1) is 0 Å². The highest BCUT2D eigenvalue weighted by Crippen LogP contribution is 2.33. The van der Waals surface area contributed by atoms with E-state index >= 15 is 0 Å². The zero-order chi connectivity index (χ0) is 25.3. The third kappa shape index (κ3) is 6.03. The third-order valence-electron chi connectivity index (χ3n) is 6.40. The fourth-order valence-corrected chi connectivity index (χ4v) is 4.62. The van der Waals surface area contributed by atoms with Crippen LogP contribution in [0.25, 0.3) is 0 Å². The zero-order valence-electron chi connectivity index (χ0n) is 20.9. The van der Waals surface area contributed by atoms with Gasteiger partial charge < -0.3 is 14.8 Å². The monoisotopic (exact) mass is 487 g/mol. The van der Waals surface area contributed by atoms with Crippen LogP contribution in [0.5, 0.6) is 11.5 Å². The van der Waals surface area contributed by atoms with Crippen molar-refractivity contribution in [3.05, 3.63) is 84.2 Å². The number of benzene rings is 2. The SMILES string of the molecule is CCOc1ccc(N(C(=O)c2ccccn2)[C@@H](C(=O)NC2CCCCC2)c2cccc(OC)c2)cc1. The number of aromatic nitrogens is 1. The van der Waals surface area contributed by atoms with Gasteiger partial charge in [0, 0.05) is 17.9 Å². The van der Waals surface area contributed by atoms with Gasteiger partial charge in [-0.1, -0.05) is 37.5 Å². The van der Waals surface area contributed by atoms with Crippen LogP contribution in [0.2, 0.25) is 0 Å². The zero-order valence-corrected chi connectivity index (χ0v) is 20.9. The molecule has 4 rings (SSSR count). The third-order valence-corrected chi connectivity index (χ3v) is 6.40. The van der Waals surface area contributed by atoms with Crippen molar-refractivity contribution < 1.29 is 19.1 Å². The topological polar surface area (TPSA) is 80.8 Å². The Balaban J connectivity index is 1.80. The average Bonchev–Trinajstić information content (AvgIpc) is 2.93. The van der Waals surface area contributed by atoms with Crippen LogP contribution in [0.1, 0.15) is 61.1 Å². The van der Waals surface area contributed by atoms with Gasteiger partial charge in [0.05, 0.1) is 13.7 Å². The van der Waals surface area contributed by atoms with Crippen LogP contribution in [-0.4, -0.2) is 36.6 Å². The van der Waals surface area contributed by atoms with Crippen molar-refractivity contribution in [2.45, 2.75) is 51.1 Å². The number of nitrogens with one attached hydrogen (secondary N) is 1. The number of methoxy groups -OCH3 is 1. The molecule has 0 spiro atoms. The summed E-state index contributed by atoms with van der Waals surface area (Å²) in [5, 5.41) is 3.22. The van der Waals surface area contributed by atoms with E-state index in [0.717, 1.165) is 25.7 Å². The van der Waals surface area contributed by atoms with Crippen molar-refractivity contribution in [2.75, 3.05) is 18.6 Å². The number of nitrogens with zero attached hydrogens (tertiary/aromatic N) is 2. The molecule has 0 saturated heterocycles. The number of anilines is 1. The fourth-order valence-electron chi connectivity index (χ4n) is 4.62. The van der Waals surface area contributed by atoms with Crippen LogP contribution in [-0.2, 0) is 4.79 Å². The second-order valence-electron chi connectivity index (χ2n) is 8.84. The van der Waals surface area contributed by atoms with E-state index < -0.39 is 6.04 Å². The van der Waals surface area contributed by atoms with Gasteiger partial charge in [0.2, 0.25) is 5.91 Å². The van der Waals surface area contributed by atoms with Crippen LogP contribution in [0, 0.1) is 0 Å². The first-order valence-corrected chi connectivity index (χ1v) is 12.5. The molecule has 188 valence electrons. The first-order chi connectivity index (χ1) is 17.6. The van der Waals surface area contributed by atoms with Crippen LogP contribution < -0.4 is 19.7 Å². The smallest absolute Gasteiger partial charge is 0.277 e. The summed E-state index contributed by atoms with van der Waals surface area (Å²) < 4.78 is 11.0.